The van der Waals surface area contributed by atoms with E-state index in [4.69, 9.17) is 0 Å². The van der Waals surface area contributed by atoms with Crippen LogP contribution in [0.25, 0.3) is 22.2 Å². The van der Waals surface area contributed by atoms with Gasteiger partial charge in [0.25, 0.3) is 0 Å². The molecule has 29 heavy (non-hydrogen) atoms. The largest absolute Gasteiger partial charge is 0.345 e. The van der Waals surface area contributed by atoms with E-state index in [2.05, 4.69) is 52.4 Å². The molecular formula is C26H25FN2. The molecule has 1 aliphatic rings. The number of hydrogen-bond donors (Lipinski definition) is 1. The van der Waals surface area contributed by atoms with Gasteiger partial charge in [0.1, 0.15) is 5.82 Å². The first-order chi connectivity index (χ1) is 14.2. The van der Waals surface area contributed by atoms with Gasteiger partial charge in [-0.05, 0) is 90.1 Å². The maximum atomic E-state index is 13.4. The molecule has 3 heteroatoms. The number of fused-ring (bicyclic) bond motifs is 2. The van der Waals surface area contributed by atoms with Gasteiger partial charge in [-0.2, -0.15) is 0 Å². The van der Waals surface area contributed by atoms with Crippen LogP contribution in [-0.4, -0.2) is 9.97 Å². The number of halogens is 1. The SMILES string of the molecule is Fc1ccc2c(c1)CC(CCCCc1ccc(-c3ccc4nc[nH]c4c3)cc1)C2. The molecule has 1 aliphatic carbocycles. The maximum Gasteiger partial charge on any atom is 0.123 e. The highest BCUT2D eigenvalue weighted by Gasteiger charge is 2.21. The van der Waals surface area contributed by atoms with E-state index in [-0.39, 0.29) is 5.82 Å². The van der Waals surface area contributed by atoms with Gasteiger partial charge in [0.05, 0.1) is 17.4 Å². The van der Waals surface area contributed by atoms with E-state index in [1.807, 2.05) is 6.07 Å². The van der Waals surface area contributed by atoms with Crippen LogP contribution in [0, 0.1) is 11.7 Å². The zero-order chi connectivity index (χ0) is 19.6. The fourth-order valence-electron chi connectivity index (χ4n) is 4.62. The Morgan fingerprint density at radius 1 is 0.862 bits per heavy atom. The van der Waals surface area contributed by atoms with E-state index >= 15 is 0 Å². The van der Waals surface area contributed by atoms with Crippen molar-refractivity contribution in [3.8, 4) is 11.1 Å². The number of aryl methyl sites for hydroxylation is 1. The lowest BCUT2D eigenvalue weighted by atomic mass is 9.96. The second-order valence-electron chi connectivity index (χ2n) is 8.26. The summed E-state index contributed by atoms with van der Waals surface area (Å²) in [5, 5.41) is 0. The molecule has 0 amide bonds. The lowest BCUT2D eigenvalue weighted by Gasteiger charge is -2.09. The van der Waals surface area contributed by atoms with Crippen molar-refractivity contribution in [1.29, 1.82) is 0 Å². The van der Waals surface area contributed by atoms with Gasteiger partial charge in [0.2, 0.25) is 0 Å². The van der Waals surface area contributed by atoms with E-state index in [1.165, 1.54) is 47.1 Å². The minimum Gasteiger partial charge on any atom is -0.345 e. The van der Waals surface area contributed by atoms with Crippen LogP contribution in [0.4, 0.5) is 4.39 Å². The minimum absolute atomic E-state index is 0.0997. The van der Waals surface area contributed by atoms with Gasteiger partial charge in [-0.25, -0.2) is 9.37 Å². The van der Waals surface area contributed by atoms with Crippen LogP contribution in [-0.2, 0) is 19.3 Å². The van der Waals surface area contributed by atoms with Crippen LogP contribution < -0.4 is 0 Å². The Hall–Kier alpha value is -2.94. The Morgan fingerprint density at radius 2 is 1.69 bits per heavy atom. The van der Waals surface area contributed by atoms with E-state index in [0.29, 0.717) is 5.92 Å². The summed E-state index contributed by atoms with van der Waals surface area (Å²) in [6.45, 7) is 0. The monoisotopic (exact) mass is 384 g/mol. The summed E-state index contributed by atoms with van der Waals surface area (Å²) in [5.41, 5.74) is 8.49. The number of hydrogen-bond acceptors (Lipinski definition) is 1. The minimum atomic E-state index is -0.0997. The van der Waals surface area contributed by atoms with Crippen molar-refractivity contribution in [1.82, 2.24) is 9.97 Å². The van der Waals surface area contributed by atoms with Gasteiger partial charge >= 0.3 is 0 Å². The fourth-order valence-corrected chi connectivity index (χ4v) is 4.62. The first-order valence-electron chi connectivity index (χ1n) is 10.5. The summed E-state index contributed by atoms with van der Waals surface area (Å²) < 4.78 is 13.4. The van der Waals surface area contributed by atoms with E-state index < -0.39 is 0 Å². The molecule has 0 spiro atoms. The molecule has 0 saturated carbocycles. The highest BCUT2D eigenvalue weighted by Crippen LogP contribution is 2.31. The van der Waals surface area contributed by atoms with Crippen molar-refractivity contribution >= 4 is 11.0 Å². The number of rotatable bonds is 6. The number of H-pyrrole nitrogens is 1. The third-order valence-corrected chi connectivity index (χ3v) is 6.22. The molecule has 1 unspecified atom stereocenters. The molecule has 146 valence electrons. The molecule has 0 bridgehead atoms. The number of aromatic amines is 1. The van der Waals surface area contributed by atoms with E-state index in [9.17, 15) is 4.39 Å². The Morgan fingerprint density at radius 3 is 2.59 bits per heavy atom. The summed E-state index contributed by atoms with van der Waals surface area (Å²) in [6, 6.07) is 20.6. The third-order valence-electron chi connectivity index (χ3n) is 6.22. The standard InChI is InChI=1S/C26H25FN2/c27-24-11-9-21-13-19(14-23(21)15-24)4-2-1-3-18-5-7-20(8-6-18)22-10-12-25-26(16-22)29-17-28-25/h5-12,15-17,19H,1-4,13-14H2,(H,28,29). The summed E-state index contributed by atoms with van der Waals surface area (Å²) in [6.07, 6.45) is 8.69. The van der Waals surface area contributed by atoms with Crippen molar-refractivity contribution in [3.63, 3.8) is 0 Å². The maximum absolute atomic E-state index is 13.4. The van der Waals surface area contributed by atoms with Crippen molar-refractivity contribution < 1.29 is 4.39 Å². The topological polar surface area (TPSA) is 28.7 Å². The molecule has 1 atom stereocenters. The molecule has 0 saturated heterocycles. The molecule has 0 fully saturated rings. The summed E-state index contributed by atoms with van der Waals surface area (Å²) >= 11 is 0. The molecule has 2 nitrogen and oxygen atoms in total. The van der Waals surface area contributed by atoms with Gasteiger partial charge in [-0.3, -0.25) is 0 Å². The van der Waals surface area contributed by atoms with Gasteiger partial charge in [-0.15, -0.1) is 0 Å². The van der Waals surface area contributed by atoms with Gasteiger partial charge in [0, 0.05) is 0 Å². The highest BCUT2D eigenvalue weighted by molar-refractivity contribution is 5.81. The predicted octanol–water partition coefficient (Wildman–Crippen LogP) is 6.50. The number of unbranched alkanes of at least 4 members (excludes halogenated alkanes) is 1. The van der Waals surface area contributed by atoms with Crippen molar-refractivity contribution in [3.05, 3.63) is 89.5 Å². The van der Waals surface area contributed by atoms with Crippen LogP contribution >= 0.6 is 0 Å². The first kappa shape index (κ1) is 18.1. The number of nitrogens with one attached hydrogen (secondary N) is 1. The second-order valence-corrected chi connectivity index (χ2v) is 8.26. The average Bonchev–Trinajstić information content (AvgIpc) is 3.37. The lowest BCUT2D eigenvalue weighted by molar-refractivity contribution is 0.482. The number of nitrogens with zero attached hydrogens (tertiary/aromatic N) is 1. The van der Waals surface area contributed by atoms with Gasteiger partial charge in [-0.1, -0.05) is 42.8 Å². The van der Waals surface area contributed by atoms with Crippen LogP contribution in [0.5, 0.6) is 0 Å². The Balaban J connectivity index is 1.12. The predicted molar refractivity (Wildman–Crippen MR) is 116 cm³/mol. The fraction of sp³-hybridized carbons (Fsp3) is 0.269. The van der Waals surface area contributed by atoms with E-state index in [1.54, 1.807) is 18.5 Å². The Labute approximate surface area is 170 Å². The van der Waals surface area contributed by atoms with Crippen molar-refractivity contribution in [2.75, 3.05) is 0 Å². The summed E-state index contributed by atoms with van der Waals surface area (Å²) in [4.78, 5) is 7.46. The van der Waals surface area contributed by atoms with Crippen LogP contribution in [0.15, 0.2) is 67.0 Å². The quantitative estimate of drug-likeness (QED) is 0.378. The Bertz CT molecular complexity index is 1130. The molecule has 4 aromatic rings. The molecule has 1 N–H and O–H groups in total. The second kappa shape index (κ2) is 7.82. The third kappa shape index (κ3) is 3.95. The van der Waals surface area contributed by atoms with Crippen LogP contribution in [0.3, 0.4) is 0 Å². The molecule has 1 aromatic heterocycles. The summed E-state index contributed by atoms with van der Waals surface area (Å²) in [5.74, 6) is 0.587. The summed E-state index contributed by atoms with van der Waals surface area (Å²) in [7, 11) is 0. The molecular weight excluding hydrogens is 359 g/mol. The Kier molecular flexibility index (Phi) is 4.89. The normalized spacial score (nSPS) is 15.7. The number of aromatic nitrogens is 2. The van der Waals surface area contributed by atoms with Crippen molar-refractivity contribution in [2.45, 2.75) is 38.5 Å². The zero-order valence-electron chi connectivity index (χ0n) is 16.5. The van der Waals surface area contributed by atoms with Crippen LogP contribution in [0.2, 0.25) is 0 Å². The molecule has 3 aromatic carbocycles. The number of imidazole rings is 1. The molecule has 5 rings (SSSR count). The molecule has 0 radical (unpaired) electrons. The molecule has 0 aliphatic heterocycles. The first-order valence-corrected chi connectivity index (χ1v) is 10.5. The smallest absolute Gasteiger partial charge is 0.123 e. The van der Waals surface area contributed by atoms with Crippen molar-refractivity contribution in [2.24, 2.45) is 5.92 Å². The van der Waals surface area contributed by atoms with Gasteiger partial charge < -0.3 is 4.98 Å². The number of benzene rings is 3. The lowest BCUT2D eigenvalue weighted by Crippen LogP contribution is -1.99. The average molecular weight is 384 g/mol. The highest BCUT2D eigenvalue weighted by atomic mass is 19.1. The molecule has 1 heterocycles. The zero-order valence-corrected chi connectivity index (χ0v) is 16.5. The van der Waals surface area contributed by atoms with Crippen LogP contribution in [0.1, 0.15) is 36.0 Å². The van der Waals surface area contributed by atoms with E-state index in [0.717, 1.165) is 30.3 Å². The van der Waals surface area contributed by atoms with Gasteiger partial charge in [0.15, 0.2) is 0 Å².